The molecule has 1 atom stereocenters. The molecule has 1 aliphatic carbocycles. The van der Waals surface area contributed by atoms with E-state index in [0.29, 0.717) is 16.7 Å². The van der Waals surface area contributed by atoms with Gasteiger partial charge in [0, 0.05) is 17.3 Å². The Morgan fingerprint density at radius 3 is 2.48 bits per heavy atom. The Morgan fingerprint density at radius 2 is 1.93 bits per heavy atom. The van der Waals surface area contributed by atoms with E-state index in [1.54, 1.807) is 18.3 Å². The zero-order chi connectivity index (χ0) is 19.5. The molecule has 1 fully saturated rings. The highest BCUT2D eigenvalue weighted by Gasteiger charge is 2.38. The van der Waals surface area contributed by atoms with Gasteiger partial charge in [0.2, 0.25) is 15.9 Å². The topological polar surface area (TPSA) is 88.2 Å². The van der Waals surface area contributed by atoms with E-state index < -0.39 is 15.4 Å². The number of nitrogens with one attached hydrogen (secondary N) is 2. The maximum atomic E-state index is 13.2. The van der Waals surface area contributed by atoms with Gasteiger partial charge in [-0.2, -0.15) is 0 Å². The molecule has 1 aromatic heterocycles. The number of anilines is 2. The van der Waals surface area contributed by atoms with Crippen LogP contribution in [0.15, 0.2) is 35.8 Å². The fraction of sp³-hybridized carbons (Fsp3) is 0.474. The fourth-order valence-electron chi connectivity index (χ4n) is 3.77. The van der Waals surface area contributed by atoms with Gasteiger partial charge in [0.15, 0.2) is 5.13 Å². The van der Waals surface area contributed by atoms with Crippen molar-refractivity contribution in [1.82, 2.24) is 4.98 Å². The summed E-state index contributed by atoms with van der Waals surface area (Å²) in [7, 11) is -3.33. The normalized spacial score (nSPS) is 17.4. The third kappa shape index (κ3) is 5.07. The number of amides is 1. The van der Waals surface area contributed by atoms with Crippen molar-refractivity contribution in [1.29, 1.82) is 0 Å². The molecule has 1 aliphatic rings. The second kappa shape index (κ2) is 7.98. The van der Waals surface area contributed by atoms with Crippen LogP contribution in [-0.4, -0.2) is 25.6 Å². The summed E-state index contributed by atoms with van der Waals surface area (Å²) < 4.78 is 25.3. The molecule has 3 rings (SSSR count). The first-order valence-electron chi connectivity index (χ1n) is 9.05. The number of hydrogen-bond donors (Lipinski definition) is 2. The van der Waals surface area contributed by atoms with E-state index in [1.165, 1.54) is 24.2 Å². The van der Waals surface area contributed by atoms with Crippen LogP contribution >= 0.6 is 11.3 Å². The molecule has 146 valence electrons. The van der Waals surface area contributed by atoms with Crippen LogP contribution in [0.5, 0.6) is 0 Å². The first-order chi connectivity index (χ1) is 12.8. The zero-order valence-corrected chi connectivity index (χ0v) is 17.2. The minimum atomic E-state index is -3.33. The summed E-state index contributed by atoms with van der Waals surface area (Å²) >= 11 is 1.39. The molecule has 2 N–H and O–H groups in total. The molecular weight excluding hydrogens is 382 g/mol. The molecule has 1 aromatic carbocycles. The van der Waals surface area contributed by atoms with E-state index in [4.69, 9.17) is 0 Å². The fourth-order valence-corrected chi connectivity index (χ4v) is 4.86. The summed E-state index contributed by atoms with van der Waals surface area (Å²) in [5, 5.41) is 5.36. The molecule has 8 heteroatoms. The van der Waals surface area contributed by atoms with E-state index >= 15 is 0 Å². The second-order valence-corrected chi connectivity index (χ2v) is 10.1. The Morgan fingerprint density at radius 1 is 1.26 bits per heavy atom. The van der Waals surface area contributed by atoms with E-state index in [2.05, 4.69) is 15.0 Å². The monoisotopic (exact) mass is 407 g/mol. The number of carbonyl (C=O) groups excluding carboxylic acids is 1. The molecule has 0 radical (unpaired) electrons. The number of aromatic nitrogens is 1. The Balaban J connectivity index is 1.87. The predicted molar refractivity (Wildman–Crippen MR) is 110 cm³/mol. The van der Waals surface area contributed by atoms with Crippen molar-refractivity contribution in [2.24, 2.45) is 5.92 Å². The van der Waals surface area contributed by atoms with E-state index in [0.717, 1.165) is 31.1 Å². The average molecular weight is 408 g/mol. The number of carbonyl (C=O) groups is 1. The lowest BCUT2D eigenvalue weighted by atomic mass is 9.74. The van der Waals surface area contributed by atoms with Crippen molar-refractivity contribution in [2.45, 2.75) is 44.4 Å². The standard InChI is InChI=1S/C19H25N3O3S2/c1-19(13-14-5-3-4-6-14,17(23)21-18-20-11-12-26-18)15-7-9-16(10-8-15)22-27(2,24)25/h7-12,14,22H,3-6,13H2,1-2H3,(H,20,21,23). The Hall–Kier alpha value is -1.93. The summed E-state index contributed by atoms with van der Waals surface area (Å²) in [6.07, 6.45) is 8.27. The quantitative estimate of drug-likeness (QED) is 0.726. The van der Waals surface area contributed by atoms with Crippen LogP contribution in [0, 0.1) is 5.92 Å². The maximum Gasteiger partial charge on any atom is 0.236 e. The smallest absolute Gasteiger partial charge is 0.236 e. The summed E-state index contributed by atoms with van der Waals surface area (Å²) in [6, 6.07) is 7.09. The average Bonchev–Trinajstić information content (AvgIpc) is 3.27. The molecule has 0 saturated heterocycles. The Bertz CT molecular complexity index is 873. The van der Waals surface area contributed by atoms with Crippen molar-refractivity contribution in [2.75, 3.05) is 16.3 Å². The highest BCUT2D eigenvalue weighted by Crippen LogP contribution is 2.39. The van der Waals surface area contributed by atoms with E-state index in [-0.39, 0.29) is 5.91 Å². The summed E-state index contributed by atoms with van der Waals surface area (Å²) in [5.74, 6) is 0.444. The van der Waals surface area contributed by atoms with Gasteiger partial charge in [-0.15, -0.1) is 11.3 Å². The Kier molecular flexibility index (Phi) is 5.86. The lowest BCUT2D eigenvalue weighted by Crippen LogP contribution is -2.39. The van der Waals surface area contributed by atoms with Crippen LogP contribution in [0.2, 0.25) is 0 Å². The molecule has 1 unspecified atom stereocenters. The number of sulfonamides is 1. The molecule has 1 heterocycles. The number of benzene rings is 1. The summed E-state index contributed by atoms with van der Waals surface area (Å²) in [5.41, 5.74) is 0.664. The van der Waals surface area contributed by atoms with Gasteiger partial charge >= 0.3 is 0 Å². The minimum absolute atomic E-state index is 0.0758. The largest absolute Gasteiger partial charge is 0.301 e. The van der Waals surface area contributed by atoms with Gasteiger partial charge in [0.1, 0.15) is 0 Å². The zero-order valence-electron chi connectivity index (χ0n) is 15.6. The van der Waals surface area contributed by atoms with Crippen molar-refractivity contribution in [3.8, 4) is 0 Å². The maximum absolute atomic E-state index is 13.2. The molecule has 0 spiro atoms. The summed E-state index contributed by atoms with van der Waals surface area (Å²) in [6.45, 7) is 1.97. The highest BCUT2D eigenvalue weighted by atomic mass is 32.2. The van der Waals surface area contributed by atoms with Crippen LogP contribution < -0.4 is 10.0 Å². The van der Waals surface area contributed by atoms with Gasteiger partial charge in [-0.25, -0.2) is 13.4 Å². The number of rotatable bonds is 7. The molecule has 0 bridgehead atoms. The van der Waals surface area contributed by atoms with Gasteiger partial charge in [-0.1, -0.05) is 37.8 Å². The number of hydrogen-bond acceptors (Lipinski definition) is 5. The first-order valence-corrected chi connectivity index (χ1v) is 11.8. The van der Waals surface area contributed by atoms with Gasteiger partial charge in [-0.3, -0.25) is 9.52 Å². The van der Waals surface area contributed by atoms with E-state index in [9.17, 15) is 13.2 Å². The van der Waals surface area contributed by atoms with Gasteiger partial charge in [0.25, 0.3) is 0 Å². The molecular formula is C19H25N3O3S2. The first kappa shape index (κ1) is 19.8. The molecule has 27 heavy (non-hydrogen) atoms. The van der Waals surface area contributed by atoms with Gasteiger partial charge in [0.05, 0.1) is 11.7 Å². The second-order valence-electron chi connectivity index (χ2n) is 7.43. The van der Waals surface area contributed by atoms with Gasteiger partial charge < -0.3 is 5.32 Å². The third-order valence-electron chi connectivity index (χ3n) is 5.15. The SMILES string of the molecule is CC(CC1CCCC1)(C(=O)Nc1nccs1)c1ccc(NS(C)(=O)=O)cc1. The van der Waals surface area contributed by atoms with Crippen molar-refractivity contribution >= 4 is 38.1 Å². The van der Waals surface area contributed by atoms with Gasteiger partial charge in [-0.05, 0) is 37.0 Å². The van der Waals surface area contributed by atoms with Crippen LogP contribution in [0.4, 0.5) is 10.8 Å². The van der Waals surface area contributed by atoms with Crippen LogP contribution in [-0.2, 0) is 20.2 Å². The minimum Gasteiger partial charge on any atom is -0.301 e. The third-order valence-corrected chi connectivity index (χ3v) is 6.45. The highest BCUT2D eigenvalue weighted by molar-refractivity contribution is 7.92. The molecule has 1 saturated carbocycles. The van der Waals surface area contributed by atoms with Crippen LogP contribution in [0.3, 0.4) is 0 Å². The Labute approximate surface area is 164 Å². The molecule has 2 aromatic rings. The lowest BCUT2D eigenvalue weighted by Gasteiger charge is -2.31. The molecule has 1 amide bonds. The number of thiazole rings is 1. The van der Waals surface area contributed by atoms with E-state index in [1.807, 2.05) is 24.4 Å². The van der Waals surface area contributed by atoms with Crippen molar-refractivity contribution in [3.63, 3.8) is 0 Å². The van der Waals surface area contributed by atoms with Crippen LogP contribution in [0.1, 0.15) is 44.6 Å². The number of nitrogens with zero attached hydrogens (tertiary/aromatic N) is 1. The van der Waals surface area contributed by atoms with Crippen molar-refractivity contribution in [3.05, 3.63) is 41.4 Å². The van der Waals surface area contributed by atoms with Crippen molar-refractivity contribution < 1.29 is 13.2 Å². The predicted octanol–water partition coefficient (Wildman–Crippen LogP) is 3.99. The van der Waals surface area contributed by atoms with Crippen LogP contribution in [0.25, 0.3) is 0 Å². The molecule has 0 aliphatic heterocycles. The lowest BCUT2D eigenvalue weighted by molar-refractivity contribution is -0.121. The summed E-state index contributed by atoms with van der Waals surface area (Å²) in [4.78, 5) is 17.3. The molecule has 6 nitrogen and oxygen atoms in total.